The van der Waals surface area contributed by atoms with Gasteiger partial charge in [0.2, 0.25) is 0 Å². The van der Waals surface area contributed by atoms with Crippen LogP contribution in [0.2, 0.25) is 0 Å². The summed E-state index contributed by atoms with van der Waals surface area (Å²) >= 11 is 0. The lowest BCUT2D eigenvalue weighted by Crippen LogP contribution is -2.35. The average Bonchev–Trinajstić information content (AvgIpc) is 3.24. The molecule has 0 spiro atoms. The first-order chi connectivity index (χ1) is 12.2. The van der Waals surface area contributed by atoms with Gasteiger partial charge in [-0.2, -0.15) is 0 Å². The number of fused-ring (bicyclic) bond motifs is 1. The van der Waals surface area contributed by atoms with E-state index in [0.29, 0.717) is 18.0 Å². The lowest BCUT2D eigenvalue weighted by atomic mass is 9.97. The minimum atomic E-state index is -0.388. The Morgan fingerprint density at radius 1 is 1.28 bits per heavy atom. The maximum Gasteiger partial charge on any atom is 0.182 e. The van der Waals surface area contributed by atoms with Gasteiger partial charge in [-0.25, -0.2) is 15.0 Å². The monoisotopic (exact) mass is 342 g/mol. The van der Waals surface area contributed by atoms with E-state index in [1.54, 1.807) is 19.6 Å². The summed E-state index contributed by atoms with van der Waals surface area (Å²) in [6, 6.07) is 0. The van der Waals surface area contributed by atoms with Crippen LogP contribution in [0.5, 0.6) is 0 Å². The SMILES string of the molecule is C[C@H](O)Cc1cn(CC2CCN(c3ncnc4nc[nH]c34)CC2)nn1. The van der Waals surface area contributed by atoms with Crippen LogP contribution in [0.4, 0.5) is 5.82 Å². The van der Waals surface area contributed by atoms with Gasteiger partial charge < -0.3 is 15.0 Å². The van der Waals surface area contributed by atoms with E-state index in [9.17, 15) is 5.11 Å². The van der Waals surface area contributed by atoms with Crippen molar-refractivity contribution in [3.05, 3.63) is 24.5 Å². The van der Waals surface area contributed by atoms with Crippen LogP contribution >= 0.6 is 0 Å². The minimum Gasteiger partial charge on any atom is -0.393 e. The van der Waals surface area contributed by atoms with Gasteiger partial charge in [-0.3, -0.25) is 4.68 Å². The fraction of sp³-hybridized carbons (Fsp3) is 0.562. The highest BCUT2D eigenvalue weighted by Crippen LogP contribution is 2.26. The normalized spacial score (nSPS) is 17.3. The summed E-state index contributed by atoms with van der Waals surface area (Å²) in [5, 5.41) is 17.7. The van der Waals surface area contributed by atoms with E-state index in [-0.39, 0.29) is 6.10 Å². The summed E-state index contributed by atoms with van der Waals surface area (Å²) < 4.78 is 1.90. The Morgan fingerprint density at radius 2 is 2.12 bits per heavy atom. The van der Waals surface area contributed by atoms with Crippen LogP contribution in [-0.4, -0.2) is 59.2 Å². The number of hydrogen-bond donors (Lipinski definition) is 2. The summed E-state index contributed by atoms with van der Waals surface area (Å²) in [5.74, 6) is 1.50. The average molecular weight is 342 g/mol. The number of piperidine rings is 1. The van der Waals surface area contributed by atoms with Crippen LogP contribution in [0.15, 0.2) is 18.9 Å². The van der Waals surface area contributed by atoms with Crippen LogP contribution in [0.3, 0.4) is 0 Å². The van der Waals surface area contributed by atoms with Gasteiger partial charge in [0.25, 0.3) is 0 Å². The van der Waals surface area contributed by atoms with Crippen molar-refractivity contribution in [2.75, 3.05) is 18.0 Å². The summed E-state index contributed by atoms with van der Waals surface area (Å²) in [6.07, 6.45) is 7.48. The number of aliphatic hydroxyl groups excluding tert-OH is 1. The predicted molar refractivity (Wildman–Crippen MR) is 92.0 cm³/mol. The van der Waals surface area contributed by atoms with E-state index in [4.69, 9.17) is 0 Å². The van der Waals surface area contributed by atoms with E-state index in [0.717, 1.165) is 49.5 Å². The van der Waals surface area contributed by atoms with Crippen molar-refractivity contribution in [1.82, 2.24) is 34.9 Å². The van der Waals surface area contributed by atoms with Gasteiger partial charge in [0, 0.05) is 32.3 Å². The van der Waals surface area contributed by atoms with Crippen LogP contribution in [0.1, 0.15) is 25.5 Å². The molecule has 1 fully saturated rings. The number of hydrogen-bond acceptors (Lipinski definition) is 7. The third-order valence-electron chi connectivity index (χ3n) is 4.65. The summed E-state index contributed by atoms with van der Waals surface area (Å²) in [7, 11) is 0. The molecule has 0 bridgehead atoms. The molecule has 0 aliphatic carbocycles. The molecule has 0 aromatic carbocycles. The summed E-state index contributed by atoms with van der Waals surface area (Å²) in [5.41, 5.74) is 2.45. The molecule has 25 heavy (non-hydrogen) atoms. The molecule has 9 nitrogen and oxygen atoms in total. The van der Waals surface area contributed by atoms with Gasteiger partial charge in [0.05, 0.1) is 18.1 Å². The zero-order chi connectivity index (χ0) is 17.2. The smallest absolute Gasteiger partial charge is 0.182 e. The van der Waals surface area contributed by atoms with Crippen LogP contribution in [-0.2, 0) is 13.0 Å². The maximum atomic E-state index is 9.43. The topological polar surface area (TPSA) is 109 Å². The maximum absolute atomic E-state index is 9.43. The van der Waals surface area contributed by atoms with Gasteiger partial charge in [-0.05, 0) is 25.7 Å². The number of anilines is 1. The number of nitrogens with one attached hydrogen (secondary N) is 1. The second-order valence-corrected chi connectivity index (χ2v) is 6.71. The molecule has 4 rings (SSSR count). The van der Waals surface area contributed by atoms with Crippen molar-refractivity contribution in [2.24, 2.45) is 5.92 Å². The number of H-pyrrole nitrogens is 1. The molecule has 0 amide bonds. The van der Waals surface area contributed by atoms with Crippen molar-refractivity contribution in [3.63, 3.8) is 0 Å². The Hall–Kier alpha value is -2.55. The van der Waals surface area contributed by atoms with Crippen LogP contribution < -0.4 is 4.90 Å². The first kappa shape index (κ1) is 15.9. The molecule has 0 saturated carbocycles. The van der Waals surface area contributed by atoms with Crippen molar-refractivity contribution < 1.29 is 5.11 Å². The highest BCUT2D eigenvalue weighted by atomic mass is 16.3. The predicted octanol–water partition coefficient (Wildman–Crippen LogP) is 0.784. The van der Waals surface area contributed by atoms with Crippen LogP contribution in [0.25, 0.3) is 11.2 Å². The van der Waals surface area contributed by atoms with Crippen molar-refractivity contribution in [3.8, 4) is 0 Å². The number of nitrogens with zero attached hydrogens (tertiary/aromatic N) is 7. The largest absolute Gasteiger partial charge is 0.393 e. The van der Waals surface area contributed by atoms with Gasteiger partial charge in [-0.15, -0.1) is 5.10 Å². The Labute approximate surface area is 145 Å². The molecule has 3 aromatic rings. The zero-order valence-corrected chi connectivity index (χ0v) is 14.2. The standard InChI is InChI=1S/C16H22N8O/c1-11(25)6-13-8-24(22-21-13)7-12-2-4-23(5-3-12)16-14-15(18-9-17-14)19-10-20-16/h8-12,25H,2-7H2,1H3,(H,17,18,19,20)/t11-/m0/s1. The molecule has 1 atom stereocenters. The van der Waals surface area contributed by atoms with E-state index in [1.165, 1.54) is 0 Å². The molecule has 132 valence electrons. The lowest BCUT2D eigenvalue weighted by molar-refractivity contribution is 0.194. The highest BCUT2D eigenvalue weighted by Gasteiger charge is 2.23. The number of aliphatic hydroxyl groups is 1. The molecule has 4 heterocycles. The quantitative estimate of drug-likeness (QED) is 0.705. The van der Waals surface area contributed by atoms with E-state index < -0.39 is 0 Å². The molecule has 0 radical (unpaired) electrons. The van der Waals surface area contributed by atoms with Gasteiger partial charge in [-0.1, -0.05) is 5.21 Å². The molecular formula is C16H22N8O. The summed E-state index contributed by atoms with van der Waals surface area (Å²) in [6.45, 7) is 4.53. The fourth-order valence-corrected chi connectivity index (χ4v) is 3.41. The molecule has 1 aliphatic rings. The third-order valence-corrected chi connectivity index (χ3v) is 4.65. The lowest BCUT2D eigenvalue weighted by Gasteiger charge is -2.32. The second-order valence-electron chi connectivity index (χ2n) is 6.71. The molecule has 1 aliphatic heterocycles. The molecule has 0 unspecified atom stereocenters. The third kappa shape index (κ3) is 3.46. The molecule has 2 N–H and O–H groups in total. The number of aromatic nitrogens is 7. The van der Waals surface area contributed by atoms with Gasteiger partial charge in [0.15, 0.2) is 11.5 Å². The van der Waals surface area contributed by atoms with E-state index >= 15 is 0 Å². The van der Waals surface area contributed by atoms with Gasteiger partial charge >= 0.3 is 0 Å². The second kappa shape index (κ2) is 6.75. The molecular weight excluding hydrogens is 320 g/mol. The zero-order valence-electron chi connectivity index (χ0n) is 14.2. The minimum absolute atomic E-state index is 0.388. The first-order valence-corrected chi connectivity index (χ1v) is 8.65. The van der Waals surface area contributed by atoms with E-state index in [1.807, 2.05) is 10.9 Å². The van der Waals surface area contributed by atoms with E-state index in [2.05, 4.69) is 35.1 Å². The van der Waals surface area contributed by atoms with Crippen molar-refractivity contribution >= 4 is 17.0 Å². The first-order valence-electron chi connectivity index (χ1n) is 8.65. The molecule has 3 aromatic heterocycles. The Kier molecular flexibility index (Phi) is 4.31. The Balaban J connectivity index is 1.37. The fourth-order valence-electron chi connectivity index (χ4n) is 3.41. The molecule has 1 saturated heterocycles. The Morgan fingerprint density at radius 3 is 2.92 bits per heavy atom. The number of rotatable bonds is 5. The summed E-state index contributed by atoms with van der Waals surface area (Å²) in [4.78, 5) is 18.2. The molecule has 9 heteroatoms. The van der Waals surface area contributed by atoms with Crippen LogP contribution in [0, 0.1) is 5.92 Å². The van der Waals surface area contributed by atoms with Crippen molar-refractivity contribution in [2.45, 2.75) is 38.8 Å². The van der Waals surface area contributed by atoms with Crippen molar-refractivity contribution in [1.29, 1.82) is 0 Å². The number of imidazole rings is 1. The van der Waals surface area contributed by atoms with Gasteiger partial charge in [0.1, 0.15) is 11.8 Å². The Bertz CT molecular complexity index is 833. The number of aromatic amines is 1. The highest BCUT2D eigenvalue weighted by molar-refractivity contribution is 5.82.